The molecule has 0 aromatic heterocycles. The zero-order chi connectivity index (χ0) is 17.1. The van der Waals surface area contributed by atoms with Gasteiger partial charge in [0, 0.05) is 26.7 Å². The second kappa shape index (κ2) is 11.0. The number of carbonyl (C=O) groups excluding carboxylic acids is 2. The van der Waals surface area contributed by atoms with E-state index < -0.39 is 18.5 Å². The quantitative estimate of drug-likeness (QED) is 0.504. The van der Waals surface area contributed by atoms with Gasteiger partial charge in [-0.1, -0.05) is 18.2 Å². The highest BCUT2D eigenvalue weighted by Gasteiger charge is 2.25. The van der Waals surface area contributed by atoms with Crippen LogP contribution in [0, 0.1) is 0 Å². The summed E-state index contributed by atoms with van der Waals surface area (Å²) in [6, 6.07) is 0. The molecule has 23 heavy (non-hydrogen) atoms. The molecular weight excluding hydrogens is 300 g/mol. The van der Waals surface area contributed by atoms with E-state index in [1.54, 1.807) is 12.2 Å². The summed E-state index contributed by atoms with van der Waals surface area (Å²) in [6.45, 7) is 5.86. The van der Waals surface area contributed by atoms with Gasteiger partial charge in [-0.3, -0.25) is 9.59 Å². The summed E-state index contributed by atoms with van der Waals surface area (Å²) >= 11 is 0. The first-order chi connectivity index (χ1) is 11.0. The van der Waals surface area contributed by atoms with Gasteiger partial charge in [0.2, 0.25) is 0 Å². The van der Waals surface area contributed by atoms with E-state index in [0.29, 0.717) is 26.1 Å². The molecule has 1 heterocycles. The lowest BCUT2D eigenvalue weighted by atomic mass is 10.1. The van der Waals surface area contributed by atoms with E-state index in [4.69, 9.17) is 18.9 Å². The molecule has 1 fully saturated rings. The molecule has 1 aliphatic heterocycles. The third kappa shape index (κ3) is 9.15. The first kappa shape index (κ1) is 19.4. The van der Waals surface area contributed by atoms with Gasteiger partial charge in [-0.2, -0.15) is 0 Å². The zero-order valence-corrected chi connectivity index (χ0v) is 14.0. The molecule has 0 spiro atoms. The summed E-state index contributed by atoms with van der Waals surface area (Å²) in [4.78, 5) is 22.6. The average Bonchev–Trinajstić information content (AvgIpc) is 2.47. The lowest BCUT2D eigenvalue weighted by Gasteiger charge is -2.28. The van der Waals surface area contributed by atoms with Gasteiger partial charge in [-0.25, -0.2) is 0 Å². The second-order valence-electron chi connectivity index (χ2n) is 5.29. The number of allylic oxidation sites excluding steroid dienone is 3. The zero-order valence-electron chi connectivity index (χ0n) is 14.0. The smallest absolute Gasteiger partial charge is 0.303 e. The molecule has 130 valence electrons. The molecule has 0 aromatic rings. The van der Waals surface area contributed by atoms with Gasteiger partial charge in [0.25, 0.3) is 0 Å². The maximum Gasteiger partial charge on any atom is 0.303 e. The summed E-state index contributed by atoms with van der Waals surface area (Å²) < 4.78 is 21.6. The van der Waals surface area contributed by atoms with Crippen LogP contribution in [0.3, 0.4) is 0 Å². The maximum atomic E-state index is 11.3. The third-order valence-electron chi connectivity index (χ3n) is 3.13. The lowest BCUT2D eigenvalue weighted by Crippen LogP contribution is -2.33. The first-order valence-electron chi connectivity index (χ1n) is 7.88. The Kier molecular flexibility index (Phi) is 9.24. The Morgan fingerprint density at radius 1 is 1.13 bits per heavy atom. The highest BCUT2D eigenvalue weighted by molar-refractivity contribution is 5.66. The monoisotopic (exact) mass is 326 g/mol. The molecule has 6 nitrogen and oxygen atoms in total. The van der Waals surface area contributed by atoms with Gasteiger partial charge in [0.1, 0.15) is 12.2 Å². The minimum atomic E-state index is -0.475. The summed E-state index contributed by atoms with van der Waals surface area (Å²) in [5.41, 5.74) is 0. The SMILES string of the molecule is C/C=C/C=C/[C@@H](C[C@H](CC1OCCCO1)OC(C)=O)OC(C)=O. The Balaban J connectivity index is 2.68. The van der Waals surface area contributed by atoms with E-state index in [1.165, 1.54) is 13.8 Å². The van der Waals surface area contributed by atoms with E-state index in [-0.39, 0.29) is 11.9 Å². The Morgan fingerprint density at radius 2 is 1.78 bits per heavy atom. The van der Waals surface area contributed by atoms with Crippen molar-refractivity contribution in [2.45, 2.75) is 58.5 Å². The number of rotatable bonds is 8. The fraction of sp³-hybridized carbons (Fsp3) is 0.647. The number of ether oxygens (including phenoxy) is 4. The summed E-state index contributed by atoms with van der Waals surface area (Å²) in [5.74, 6) is -0.767. The van der Waals surface area contributed by atoms with E-state index in [0.717, 1.165) is 6.42 Å². The van der Waals surface area contributed by atoms with Crippen LogP contribution in [-0.2, 0) is 28.5 Å². The molecule has 1 rings (SSSR count). The van der Waals surface area contributed by atoms with Crippen LogP contribution in [0.4, 0.5) is 0 Å². The van der Waals surface area contributed by atoms with Crippen molar-refractivity contribution < 1.29 is 28.5 Å². The summed E-state index contributed by atoms with van der Waals surface area (Å²) in [5, 5.41) is 0. The van der Waals surface area contributed by atoms with Crippen LogP contribution in [0.5, 0.6) is 0 Å². The Hall–Kier alpha value is -1.66. The molecule has 0 aromatic carbocycles. The highest BCUT2D eigenvalue weighted by Crippen LogP contribution is 2.18. The van der Waals surface area contributed by atoms with Gasteiger partial charge in [-0.15, -0.1) is 0 Å². The number of carbonyl (C=O) groups is 2. The predicted octanol–water partition coefficient (Wildman–Crippen LogP) is 2.53. The standard InChI is InChI=1S/C17H26O6/c1-4-5-6-8-15(22-13(2)18)11-16(23-14(3)19)12-17-20-9-7-10-21-17/h4-6,8,15-17H,7,9-12H2,1-3H3/b5-4+,8-6+/t15-,16+/m0/s1. The average molecular weight is 326 g/mol. The molecule has 0 saturated carbocycles. The van der Waals surface area contributed by atoms with Crippen molar-refractivity contribution in [2.24, 2.45) is 0 Å². The van der Waals surface area contributed by atoms with Gasteiger partial charge >= 0.3 is 11.9 Å². The molecule has 0 aliphatic carbocycles. The van der Waals surface area contributed by atoms with Crippen LogP contribution in [-0.4, -0.2) is 43.7 Å². The van der Waals surface area contributed by atoms with E-state index in [9.17, 15) is 9.59 Å². The molecule has 1 saturated heterocycles. The van der Waals surface area contributed by atoms with Crippen LogP contribution in [0.15, 0.2) is 24.3 Å². The molecule has 1 aliphatic rings. The summed E-state index contributed by atoms with van der Waals surface area (Å²) in [6.07, 6.45) is 7.57. The van der Waals surface area contributed by atoms with Crippen molar-refractivity contribution in [1.82, 2.24) is 0 Å². The fourth-order valence-corrected chi connectivity index (χ4v) is 2.25. The first-order valence-corrected chi connectivity index (χ1v) is 7.88. The molecule has 0 bridgehead atoms. The van der Waals surface area contributed by atoms with Gasteiger partial charge in [-0.05, 0) is 19.4 Å². The van der Waals surface area contributed by atoms with E-state index in [1.807, 2.05) is 19.1 Å². The van der Waals surface area contributed by atoms with Crippen molar-refractivity contribution in [1.29, 1.82) is 0 Å². The number of hydrogen-bond donors (Lipinski definition) is 0. The van der Waals surface area contributed by atoms with Crippen molar-refractivity contribution in [2.75, 3.05) is 13.2 Å². The van der Waals surface area contributed by atoms with Crippen molar-refractivity contribution in [3.8, 4) is 0 Å². The molecular formula is C17H26O6. The number of hydrogen-bond acceptors (Lipinski definition) is 6. The topological polar surface area (TPSA) is 71.1 Å². The van der Waals surface area contributed by atoms with Crippen molar-refractivity contribution in [3.63, 3.8) is 0 Å². The van der Waals surface area contributed by atoms with Crippen LogP contribution in [0.2, 0.25) is 0 Å². The minimum Gasteiger partial charge on any atom is -0.462 e. The van der Waals surface area contributed by atoms with E-state index in [2.05, 4.69) is 0 Å². The van der Waals surface area contributed by atoms with Crippen LogP contribution < -0.4 is 0 Å². The second-order valence-corrected chi connectivity index (χ2v) is 5.29. The molecule has 0 unspecified atom stereocenters. The van der Waals surface area contributed by atoms with Crippen LogP contribution in [0.25, 0.3) is 0 Å². The summed E-state index contributed by atoms with van der Waals surface area (Å²) in [7, 11) is 0. The van der Waals surface area contributed by atoms with Crippen LogP contribution in [0.1, 0.15) is 40.0 Å². The Labute approximate surface area is 137 Å². The molecule has 2 atom stereocenters. The fourth-order valence-electron chi connectivity index (χ4n) is 2.25. The molecule has 0 radical (unpaired) electrons. The van der Waals surface area contributed by atoms with Gasteiger partial charge in [0.15, 0.2) is 6.29 Å². The highest BCUT2D eigenvalue weighted by atomic mass is 16.7. The number of esters is 2. The molecule has 0 N–H and O–H groups in total. The Morgan fingerprint density at radius 3 is 2.35 bits per heavy atom. The lowest BCUT2D eigenvalue weighted by molar-refractivity contribution is -0.197. The largest absolute Gasteiger partial charge is 0.462 e. The minimum absolute atomic E-state index is 0.358. The Bertz CT molecular complexity index is 423. The predicted molar refractivity (Wildman–Crippen MR) is 84.6 cm³/mol. The van der Waals surface area contributed by atoms with Crippen molar-refractivity contribution in [3.05, 3.63) is 24.3 Å². The normalized spacial score (nSPS) is 18.9. The molecule has 0 amide bonds. The van der Waals surface area contributed by atoms with Crippen molar-refractivity contribution >= 4 is 11.9 Å². The molecule has 6 heteroatoms. The maximum absolute atomic E-state index is 11.3. The van der Waals surface area contributed by atoms with Gasteiger partial charge in [0.05, 0.1) is 13.2 Å². The van der Waals surface area contributed by atoms with Crippen LogP contribution >= 0.6 is 0 Å². The van der Waals surface area contributed by atoms with E-state index >= 15 is 0 Å². The van der Waals surface area contributed by atoms with Gasteiger partial charge < -0.3 is 18.9 Å². The third-order valence-corrected chi connectivity index (χ3v) is 3.13.